The minimum Gasteiger partial charge on any atom is -0.480 e. The van der Waals surface area contributed by atoms with E-state index in [0.29, 0.717) is 18.4 Å². The minimum absolute atomic E-state index is 0.00455. The van der Waals surface area contributed by atoms with Crippen LogP contribution in [0.25, 0.3) is 0 Å². The van der Waals surface area contributed by atoms with E-state index in [2.05, 4.69) is 0 Å². The Kier molecular flexibility index (Phi) is 11.9. The van der Waals surface area contributed by atoms with Crippen molar-refractivity contribution in [3.63, 3.8) is 0 Å². The van der Waals surface area contributed by atoms with Crippen molar-refractivity contribution in [2.45, 2.75) is 85.6 Å². The molecule has 0 radical (unpaired) electrons. The van der Waals surface area contributed by atoms with Gasteiger partial charge < -0.3 is 25.1 Å². The monoisotopic (exact) mass is 493 g/mol. The van der Waals surface area contributed by atoms with Crippen LogP contribution in [0.15, 0.2) is 18.2 Å². The first kappa shape index (κ1) is 30.1. The zero-order chi connectivity index (χ0) is 26.8. The number of hydrogen-bond donors (Lipinski definition) is 2. The normalized spacial score (nSPS) is 13.9. The first-order valence-corrected chi connectivity index (χ1v) is 12.0. The highest BCUT2D eigenvalue weighted by Crippen LogP contribution is 2.36. The van der Waals surface area contributed by atoms with Crippen LogP contribution in [0.4, 0.5) is 0 Å². The van der Waals surface area contributed by atoms with Crippen molar-refractivity contribution in [3.8, 4) is 11.5 Å². The van der Waals surface area contributed by atoms with Crippen LogP contribution in [-0.4, -0.2) is 41.6 Å². The number of carboxylic acid groups (broad SMARTS) is 1. The summed E-state index contributed by atoms with van der Waals surface area (Å²) in [4.78, 5) is 48.2. The molecule has 0 bridgehead atoms. The lowest BCUT2D eigenvalue weighted by Gasteiger charge is -2.28. The fourth-order valence-electron chi connectivity index (χ4n) is 3.51. The Morgan fingerprint density at radius 1 is 0.943 bits per heavy atom. The minimum atomic E-state index is -1.32. The molecule has 0 amide bonds. The number of hydrogen-bond acceptors (Lipinski definition) is 8. The average molecular weight is 494 g/mol. The van der Waals surface area contributed by atoms with Crippen molar-refractivity contribution < 1.29 is 38.5 Å². The third kappa shape index (κ3) is 10.5. The Morgan fingerprint density at radius 3 is 1.97 bits per heavy atom. The van der Waals surface area contributed by atoms with E-state index in [-0.39, 0.29) is 48.8 Å². The van der Waals surface area contributed by atoms with Gasteiger partial charge in [0.2, 0.25) is 0 Å². The Morgan fingerprint density at radius 2 is 1.49 bits per heavy atom. The van der Waals surface area contributed by atoms with Gasteiger partial charge in [0.25, 0.3) is 0 Å². The molecule has 2 unspecified atom stereocenters. The zero-order valence-electron chi connectivity index (χ0n) is 21.6. The van der Waals surface area contributed by atoms with Crippen molar-refractivity contribution in [3.05, 3.63) is 23.8 Å². The summed E-state index contributed by atoms with van der Waals surface area (Å²) < 4.78 is 16.2. The smallest absolute Gasteiger partial charge is 0.321 e. The van der Waals surface area contributed by atoms with Gasteiger partial charge in [-0.05, 0) is 41.9 Å². The van der Waals surface area contributed by atoms with Crippen LogP contribution >= 0.6 is 0 Å². The number of nitrogens with two attached hydrogens (primary N) is 1. The van der Waals surface area contributed by atoms with Crippen molar-refractivity contribution >= 4 is 23.9 Å². The number of esters is 3. The maximum atomic E-state index is 12.2. The van der Waals surface area contributed by atoms with E-state index in [1.54, 1.807) is 13.0 Å². The van der Waals surface area contributed by atoms with Gasteiger partial charge in [-0.15, -0.1) is 0 Å². The standard InChI is InChI=1S/C26H39NO8/c1-7-9-20(28)34-18-12-11-17(13-19(18)35-21(29)10-8-2)23(24(27)25(31)32)16(3)15-33-22(30)14-26(4,5)6/h11-13,16,23-24H,7-10,14-15,27H2,1-6H3,(H,31,32)/t16?,23?,24-/m0/s1. The molecule has 35 heavy (non-hydrogen) atoms. The fourth-order valence-corrected chi connectivity index (χ4v) is 3.51. The third-order valence-electron chi connectivity index (χ3n) is 5.18. The van der Waals surface area contributed by atoms with E-state index in [1.807, 2.05) is 34.6 Å². The van der Waals surface area contributed by atoms with Gasteiger partial charge in [0.15, 0.2) is 11.5 Å². The van der Waals surface area contributed by atoms with E-state index in [9.17, 15) is 24.3 Å². The second-order valence-electron chi connectivity index (χ2n) is 9.94. The molecule has 0 fully saturated rings. The van der Waals surface area contributed by atoms with Crippen molar-refractivity contribution in [2.75, 3.05) is 6.61 Å². The van der Waals surface area contributed by atoms with Crippen molar-refractivity contribution in [2.24, 2.45) is 17.1 Å². The van der Waals surface area contributed by atoms with Crippen LogP contribution in [0.3, 0.4) is 0 Å². The molecular weight excluding hydrogens is 454 g/mol. The van der Waals surface area contributed by atoms with Gasteiger partial charge >= 0.3 is 23.9 Å². The number of benzene rings is 1. The second-order valence-corrected chi connectivity index (χ2v) is 9.94. The predicted molar refractivity (Wildman–Crippen MR) is 130 cm³/mol. The first-order chi connectivity index (χ1) is 16.3. The number of carbonyl (C=O) groups excluding carboxylic acids is 3. The highest BCUT2D eigenvalue weighted by molar-refractivity contribution is 5.77. The van der Waals surface area contributed by atoms with Crippen LogP contribution < -0.4 is 15.2 Å². The summed E-state index contributed by atoms with van der Waals surface area (Å²) in [5.41, 5.74) is 6.23. The van der Waals surface area contributed by atoms with Crippen LogP contribution in [0.2, 0.25) is 0 Å². The molecule has 3 atom stereocenters. The summed E-state index contributed by atoms with van der Waals surface area (Å²) in [6, 6.07) is 3.17. The number of ether oxygens (including phenoxy) is 3. The number of carboxylic acids is 1. The molecule has 0 heterocycles. The number of carbonyl (C=O) groups is 4. The molecule has 0 aliphatic heterocycles. The van der Waals surface area contributed by atoms with E-state index < -0.39 is 35.8 Å². The SMILES string of the molecule is CCCC(=O)Oc1ccc(C(C(C)COC(=O)CC(C)(C)C)[C@H](N)C(=O)O)cc1OC(=O)CCC. The van der Waals surface area contributed by atoms with Crippen LogP contribution in [-0.2, 0) is 23.9 Å². The predicted octanol–water partition coefficient (Wildman–Crippen LogP) is 4.21. The summed E-state index contributed by atoms with van der Waals surface area (Å²) in [5, 5.41) is 9.62. The third-order valence-corrected chi connectivity index (χ3v) is 5.18. The second kappa shape index (κ2) is 13.8. The van der Waals surface area contributed by atoms with E-state index in [0.717, 1.165) is 0 Å². The molecule has 9 nitrogen and oxygen atoms in total. The molecule has 0 aliphatic rings. The van der Waals surface area contributed by atoms with Gasteiger partial charge in [-0.25, -0.2) is 0 Å². The lowest BCUT2D eigenvalue weighted by atomic mass is 9.82. The molecule has 1 aromatic carbocycles. The molecular formula is C26H39NO8. The van der Waals surface area contributed by atoms with Crippen molar-refractivity contribution in [1.82, 2.24) is 0 Å². The first-order valence-electron chi connectivity index (χ1n) is 12.0. The Balaban J connectivity index is 3.30. The van der Waals surface area contributed by atoms with Gasteiger partial charge in [0.1, 0.15) is 6.04 Å². The lowest BCUT2D eigenvalue weighted by Crippen LogP contribution is -2.40. The summed E-state index contributed by atoms with van der Waals surface area (Å²) >= 11 is 0. The molecule has 0 saturated heterocycles. The van der Waals surface area contributed by atoms with Crippen LogP contribution in [0.5, 0.6) is 11.5 Å². The largest absolute Gasteiger partial charge is 0.480 e. The number of rotatable bonds is 13. The quantitative estimate of drug-likeness (QED) is 0.305. The highest BCUT2D eigenvalue weighted by Gasteiger charge is 2.33. The zero-order valence-corrected chi connectivity index (χ0v) is 21.6. The van der Waals surface area contributed by atoms with E-state index in [4.69, 9.17) is 19.9 Å². The maximum absolute atomic E-state index is 12.2. The molecule has 196 valence electrons. The topological polar surface area (TPSA) is 142 Å². The van der Waals surface area contributed by atoms with Gasteiger partial charge in [0.05, 0.1) is 13.0 Å². The molecule has 9 heteroatoms. The van der Waals surface area contributed by atoms with E-state index in [1.165, 1.54) is 12.1 Å². The van der Waals surface area contributed by atoms with Crippen LogP contribution in [0.1, 0.15) is 85.1 Å². The maximum Gasteiger partial charge on any atom is 0.321 e. The lowest BCUT2D eigenvalue weighted by molar-refractivity contribution is -0.147. The van der Waals surface area contributed by atoms with Gasteiger partial charge in [-0.1, -0.05) is 47.6 Å². The molecule has 3 N–H and O–H groups in total. The Hall–Kier alpha value is -2.94. The molecule has 1 aromatic rings. The summed E-state index contributed by atoms with van der Waals surface area (Å²) in [7, 11) is 0. The molecule has 0 spiro atoms. The molecule has 1 rings (SSSR count). The highest BCUT2D eigenvalue weighted by atomic mass is 16.6. The average Bonchev–Trinajstić information content (AvgIpc) is 2.73. The van der Waals surface area contributed by atoms with Crippen molar-refractivity contribution in [1.29, 1.82) is 0 Å². The summed E-state index contributed by atoms with van der Waals surface area (Å²) in [6.07, 6.45) is 1.71. The fraction of sp³-hybridized carbons (Fsp3) is 0.615. The molecule has 0 aromatic heterocycles. The van der Waals surface area contributed by atoms with Gasteiger partial charge in [0, 0.05) is 18.8 Å². The molecule has 0 aliphatic carbocycles. The summed E-state index contributed by atoms with van der Waals surface area (Å²) in [6.45, 7) is 11.1. The van der Waals surface area contributed by atoms with Gasteiger partial charge in [-0.2, -0.15) is 0 Å². The number of aliphatic carboxylic acids is 1. The Labute approximate surface area is 207 Å². The Bertz CT molecular complexity index is 890. The van der Waals surface area contributed by atoms with Gasteiger partial charge in [-0.3, -0.25) is 19.2 Å². The van der Waals surface area contributed by atoms with Crippen LogP contribution in [0, 0.1) is 11.3 Å². The summed E-state index contributed by atoms with van der Waals surface area (Å²) in [5.74, 6) is -3.80. The molecule has 0 saturated carbocycles. The van der Waals surface area contributed by atoms with E-state index >= 15 is 0 Å².